The quantitative estimate of drug-likeness (QED) is 0.710. The number of rotatable bonds is 5. The second kappa shape index (κ2) is 7.34. The van der Waals surface area contributed by atoms with Gasteiger partial charge < -0.3 is 5.11 Å². The molecule has 0 unspecified atom stereocenters. The smallest absolute Gasteiger partial charge is 0.303 e. The first kappa shape index (κ1) is 18.4. The molecule has 1 atom stereocenters. The standard InChI is InChI=1S/C17H24N2O4S/c1-10-4-5-11-12(9-24-13(11)6-10)16(23)19-18-14(20)7-17(2,3)8-15(21)22/h9-10H,4-8H2,1-3H3,(H,18,20)(H,19,23)(H,21,22)/t10-/m0/s1. The van der Waals surface area contributed by atoms with Crippen molar-refractivity contribution in [3.05, 3.63) is 21.4 Å². The number of hydrogen-bond acceptors (Lipinski definition) is 4. The highest BCUT2D eigenvalue weighted by atomic mass is 32.1. The van der Waals surface area contributed by atoms with Crippen LogP contribution in [0.2, 0.25) is 0 Å². The largest absolute Gasteiger partial charge is 0.481 e. The molecule has 3 N–H and O–H groups in total. The SMILES string of the molecule is C[C@H]1CCc2c(C(=O)NNC(=O)CC(C)(C)CC(=O)O)csc2C1. The van der Waals surface area contributed by atoms with Crippen LogP contribution in [-0.2, 0) is 22.4 Å². The molecule has 132 valence electrons. The number of carbonyl (C=O) groups excluding carboxylic acids is 2. The molecule has 2 rings (SSSR count). The summed E-state index contributed by atoms with van der Waals surface area (Å²) in [5.74, 6) is -1.02. The molecule has 0 radical (unpaired) electrons. The van der Waals surface area contributed by atoms with Crippen molar-refractivity contribution in [2.75, 3.05) is 0 Å². The van der Waals surface area contributed by atoms with Crippen molar-refractivity contribution in [1.82, 2.24) is 10.9 Å². The lowest BCUT2D eigenvalue weighted by molar-refractivity contribution is -0.139. The van der Waals surface area contributed by atoms with Crippen molar-refractivity contribution < 1.29 is 19.5 Å². The second-order valence-electron chi connectivity index (χ2n) is 7.31. The third-order valence-corrected chi connectivity index (χ3v) is 5.28. The number of aliphatic carboxylic acids is 1. The van der Waals surface area contributed by atoms with E-state index in [4.69, 9.17) is 5.11 Å². The van der Waals surface area contributed by atoms with Gasteiger partial charge in [-0.15, -0.1) is 11.3 Å². The maximum atomic E-state index is 12.3. The van der Waals surface area contributed by atoms with Crippen LogP contribution >= 0.6 is 11.3 Å². The summed E-state index contributed by atoms with van der Waals surface area (Å²) in [4.78, 5) is 36.3. The average molecular weight is 352 g/mol. The van der Waals surface area contributed by atoms with Crippen molar-refractivity contribution in [2.24, 2.45) is 11.3 Å². The van der Waals surface area contributed by atoms with Crippen LogP contribution in [0, 0.1) is 11.3 Å². The van der Waals surface area contributed by atoms with Gasteiger partial charge in [0.1, 0.15) is 0 Å². The zero-order chi connectivity index (χ0) is 17.9. The Morgan fingerprint density at radius 2 is 2.00 bits per heavy atom. The average Bonchev–Trinajstić information content (AvgIpc) is 2.85. The summed E-state index contributed by atoms with van der Waals surface area (Å²) in [5, 5.41) is 10.7. The number of carbonyl (C=O) groups is 3. The van der Waals surface area contributed by atoms with Crippen LogP contribution in [-0.4, -0.2) is 22.9 Å². The number of thiophene rings is 1. The first-order chi connectivity index (χ1) is 11.2. The molecule has 7 heteroatoms. The van der Waals surface area contributed by atoms with E-state index in [1.165, 1.54) is 4.88 Å². The van der Waals surface area contributed by atoms with Gasteiger partial charge in [0.25, 0.3) is 5.91 Å². The number of amides is 2. The fourth-order valence-electron chi connectivity index (χ4n) is 3.01. The Hall–Kier alpha value is -1.89. The molecular formula is C17H24N2O4S. The van der Waals surface area contributed by atoms with Crippen LogP contribution in [0.15, 0.2) is 5.38 Å². The molecule has 1 aromatic heterocycles. The van der Waals surface area contributed by atoms with Gasteiger partial charge >= 0.3 is 5.97 Å². The summed E-state index contributed by atoms with van der Waals surface area (Å²) in [6, 6.07) is 0. The number of carboxylic acids is 1. The van der Waals surface area contributed by atoms with E-state index in [0.717, 1.165) is 24.8 Å². The molecule has 1 aliphatic carbocycles. The van der Waals surface area contributed by atoms with Crippen LogP contribution in [0.25, 0.3) is 0 Å². The number of hydrogen-bond donors (Lipinski definition) is 3. The van der Waals surface area contributed by atoms with Gasteiger partial charge in [-0.05, 0) is 36.2 Å². The van der Waals surface area contributed by atoms with Crippen LogP contribution in [0.1, 0.15) is 60.8 Å². The van der Waals surface area contributed by atoms with Crippen LogP contribution in [0.5, 0.6) is 0 Å². The van der Waals surface area contributed by atoms with Gasteiger partial charge in [0.05, 0.1) is 12.0 Å². The van der Waals surface area contributed by atoms with E-state index in [2.05, 4.69) is 17.8 Å². The third kappa shape index (κ3) is 4.80. The minimum Gasteiger partial charge on any atom is -0.481 e. The van der Waals surface area contributed by atoms with Gasteiger partial charge in [0, 0.05) is 16.7 Å². The zero-order valence-electron chi connectivity index (χ0n) is 14.3. The van der Waals surface area contributed by atoms with Crippen molar-refractivity contribution in [1.29, 1.82) is 0 Å². The van der Waals surface area contributed by atoms with Gasteiger partial charge in [-0.3, -0.25) is 25.2 Å². The van der Waals surface area contributed by atoms with Gasteiger partial charge in [-0.1, -0.05) is 20.8 Å². The lowest BCUT2D eigenvalue weighted by Gasteiger charge is -2.21. The summed E-state index contributed by atoms with van der Waals surface area (Å²) in [7, 11) is 0. The molecule has 0 bridgehead atoms. The normalized spacial score (nSPS) is 17.0. The Morgan fingerprint density at radius 1 is 1.29 bits per heavy atom. The topological polar surface area (TPSA) is 95.5 Å². The molecule has 0 spiro atoms. The highest BCUT2D eigenvalue weighted by Gasteiger charge is 2.26. The van der Waals surface area contributed by atoms with Crippen LogP contribution in [0.4, 0.5) is 0 Å². The Morgan fingerprint density at radius 3 is 2.67 bits per heavy atom. The highest BCUT2D eigenvalue weighted by molar-refractivity contribution is 7.10. The van der Waals surface area contributed by atoms with Gasteiger partial charge in [-0.2, -0.15) is 0 Å². The number of nitrogens with one attached hydrogen (secondary N) is 2. The Balaban J connectivity index is 1.90. The molecule has 1 aliphatic rings. The Kier molecular flexibility index (Phi) is 5.64. The van der Waals surface area contributed by atoms with Gasteiger partial charge in [0.2, 0.25) is 5.91 Å². The molecule has 0 fully saturated rings. The van der Waals surface area contributed by atoms with Crippen LogP contribution < -0.4 is 10.9 Å². The van der Waals surface area contributed by atoms with E-state index < -0.39 is 17.3 Å². The zero-order valence-corrected chi connectivity index (χ0v) is 15.1. The molecule has 0 saturated carbocycles. The molecule has 0 saturated heterocycles. The van der Waals surface area contributed by atoms with E-state index in [1.807, 2.05) is 5.38 Å². The van der Waals surface area contributed by atoms with E-state index in [9.17, 15) is 14.4 Å². The van der Waals surface area contributed by atoms with E-state index in [-0.39, 0.29) is 18.7 Å². The number of carboxylic acid groups (broad SMARTS) is 1. The highest BCUT2D eigenvalue weighted by Crippen LogP contribution is 2.32. The molecular weight excluding hydrogens is 328 g/mol. The summed E-state index contributed by atoms with van der Waals surface area (Å²) in [5.41, 5.74) is 5.89. The summed E-state index contributed by atoms with van der Waals surface area (Å²) in [6.45, 7) is 5.62. The summed E-state index contributed by atoms with van der Waals surface area (Å²) >= 11 is 1.60. The number of hydrazine groups is 1. The molecule has 24 heavy (non-hydrogen) atoms. The predicted octanol–water partition coefficient (Wildman–Crippen LogP) is 2.52. The monoisotopic (exact) mass is 352 g/mol. The van der Waals surface area contributed by atoms with E-state index >= 15 is 0 Å². The first-order valence-corrected chi connectivity index (χ1v) is 8.96. The molecule has 1 aromatic rings. The molecule has 6 nitrogen and oxygen atoms in total. The first-order valence-electron chi connectivity index (χ1n) is 8.08. The lowest BCUT2D eigenvalue weighted by atomic mass is 9.85. The van der Waals surface area contributed by atoms with Gasteiger partial charge in [0.15, 0.2) is 0 Å². The maximum Gasteiger partial charge on any atom is 0.303 e. The Labute approximate surface area is 145 Å². The maximum absolute atomic E-state index is 12.3. The number of fused-ring (bicyclic) bond motifs is 1. The van der Waals surface area contributed by atoms with Crippen molar-refractivity contribution >= 4 is 29.1 Å². The molecule has 0 aliphatic heterocycles. The molecule has 1 heterocycles. The second-order valence-corrected chi connectivity index (χ2v) is 8.28. The molecule has 2 amide bonds. The lowest BCUT2D eigenvalue weighted by Crippen LogP contribution is -2.43. The van der Waals surface area contributed by atoms with Crippen molar-refractivity contribution in [3.8, 4) is 0 Å². The van der Waals surface area contributed by atoms with E-state index in [1.54, 1.807) is 25.2 Å². The fraction of sp³-hybridized carbons (Fsp3) is 0.588. The fourth-order valence-corrected chi connectivity index (χ4v) is 4.26. The van der Waals surface area contributed by atoms with Crippen LogP contribution in [0.3, 0.4) is 0 Å². The predicted molar refractivity (Wildman–Crippen MR) is 91.8 cm³/mol. The minimum absolute atomic E-state index is 0.0266. The Bertz CT molecular complexity index is 651. The van der Waals surface area contributed by atoms with Gasteiger partial charge in [-0.25, -0.2) is 0 Å². The van der Waals surface area contributed by atoms with Crippen molar-refractivity contribution in [2.45, 2.75) is 52.9 Å². The molecule has 0 aromatic carbocycles. The van der Waals surface area contributed by atoms with E-state index in [0.29, 0.717) is 11.5 Å². The van der Waals surface area contributed by atoms with Crippen molar-refractivity contribution in [3.63, 3.8) is 0 Å². The minimum atomic E-state index is -0.948. The third-order valence-electron chi connectivity index (χ3n) is 4.23. The summed E-state index contributed by atoms with van der Waals surface area (Å²) in [6.07, 6.45) is 2.88. The summed E-state index contributed by atoms with van der Waals surface area (Å²) < 4.78 is 0.